The van der Waals surface area contributed by atoms with Gasteiger partial charge in [-0.25, -0.2) is 4.98 Å². The number of aromatic nitrogens is 3. The highest BCUT2D eigenvalue weighted by molar-refractivity contribution is 5.73. The van der Waals surface area contributed by atoms with Gasteiger partial charge in [0, 0.05) is 12.0 Å². The number of aromatic amines is 1. The number of benzene rings is 1. The number of nitrogens with zero attached hydrogens (tertiary/aromatic N) is 2. The molecule has 2 N–H and O–H groups in total. The molecule has 0 aromatic heterocycles. The second-order valence-electron chi connectivity index (χ2n) is 5.37. The van der Waals surface area contributed by atoms with Crippen LogP contribution in [0.5, 0.6) is 5.88 Å². The summed E-state index contributed by atoms with van der Waals surface area (Å²) in [5.41, 5.74) is 3.22. The third-order valence-corrected chi connectivity index (χ3v) is 3.17. The molecule has 0 spiro atoms. The summed E-state index contributed by atoms with van der Waals surface area (Å²) in [6.45, 7) is 4.24. The first kappa shape index (κ1) is 12.7. The molecule has 1 aromatic carbocycles. The second kappa shape index (κ2) is 4.96. The minimum absolute atomic E-state index is 0.00317. The van der Waals surface area contributed by atoms with Crippen molar-refractivity contribution in [3.63, 3.8) is 0 Å². The van der Waals surface area contributed by atoms with Crippen LogP contribution in [-0.2, 0) is 6.42 Å². The summed E-state index contributed by atoms with van der Waals surface area (Å²) in [7, 11) is 0. The molecule has 102 valence electrons. The van der Waals surface area contributed by atoms with Crippen molar-refractivity contribution in [1.29, 1.82) is 0 Å². The van der Waals surface area contributed by atoms with Gasteiger partial charge in [-0.3, -0.25) is 0 Å². The Balaban J connectivity index is 2.07. The van der Waals surface area contributed by atoms with Crippen molar-refractivity contribution in [1.82, 2.24) is 15.0 Å². The zero-order valence-corrected chi connectivity index (χ0v) is 11.6. The van der Waals surface area contributed by atoms with E-state index in [2.05, 4.69) is 28.8 Å². The van der Waals surface area contributed by atoms with Gasteiger partial charge in [-0.1, -0.05) is 44.2 Å². The summed E-state index contributed by atoms with van der Waals surface area (Å²) in [5.74, 6) is 1.26. The SMILES string of the molecule is CC(C)Cc1nc(O)c2nc(-c3ccccc3)cc-2[nH]1. The predicted molar refractivity (Wildman–Crippen MR) is 78.6 cm³/mol. The van der Waals surface area contributed by atoms with Gasteiger partial charge in [-0.2, -0.15) is 4.98 Å². The van der Waals surface area contributed by atoms with Crippen molar-refractivity contribution in [2.45, 2.75) is 20.3 Å². The summed E-state index contributed by atoms with van der Waals surface area (Å²) in [5, 5.41) is 10.0. The van der Waals surface area contributed by atoms with Crippen LogP contribution in [0.25, 0.3) is 22.6 Å². The van der Waals surface area contributed by atoms with Crippen LogP contribution in [0, 0.1) is 5.92 Å². The Bertz CT molecular complexity index is 688. The zero-order valence-electron chi connectivity index (χ0n) is 11.6. The lowest BCUT2D eigenvalue weighted by atomic mass is 10.1. The Morgan fingerprint density at radius 3 is 2.60 bits per heavy atom. The highest BCUT2D eigenvalue weighted by Gasteiger charge is 2.17. The van der Waals surface area contributed by atoms with E-state index in [1.807, 2.05) is 36.4 Å². The topological polar surface area (TPSA) is 61.8 Å². The molecular weight excluding hydrogens is 250 g/mol. The lowest BCUT2D eigenvalue weighted by Gasteiger charge is -2.07. The highest BCUT2D eigenvalue weighted by atomic mass is 16.3. The molecule has 4 nitrogen and oxygen atoms in total. The average molecular weight is 267 g/mol. The first-order valence-electron chi connectivity index (χ1n) is 6.77. The molecule has 0 fully saturated rings. The van der Waals surface area contributed by atoms with Gasteiger partial charge in [-0.15, -0.1) is 0 Å². The number of nitrogens with one attached hydrogen (secondary N) is 1. The Hall–Kier alpha value is -2.36. The molecule has 0 radical (unpaired) electrons. The molecule has 0 bridgehead atoms. The maximum absolute atomic E-state index is 10.0. The van der Waals surface area contributed by atoms with Crippen LogP contribution in [0.1, 0.15) is 19.7 Å². The van der Waals surface area contributed by atoms with Crippen LogP contribution in [0.15, 0.2) is 36.4 Å². The molecule has 0 saturated heterocycles. The summed E-state index contributed by atoms with van der Waals surface area (Å²) in [6.07, 6.45) is 0.801. The quantitative estimate of drug-likeness (QED) is 0.763. The molecular formula is C16H17N3O. The molecule has 1 aromatic rings. The number of hydrogen-bond acceptors (Lipinski definition) is 3. The predicted octanol–water partition coefficient (Wildman–Crippen LogP) is 3.48. The summed E-state index contributed by atoms with van der Waals surface area (Å²) in [4.78, 5) is 11.9. The zero-order chi connectivity index (χ0) is 14.1. The van der Waals surface area contributed by atoms with Crippen molar-refractivity contribution < 1.29 is 5.11 Å². The van der Waals surface area contributed by atoms with Gasteiger partial charge in [-0.05, 0) is 12.0 Å². The fourth-order valence-corrected chi connectivity index (χ4v) is 2.29. The smallest absolute Gasteiger partial charge is 0.241 e. The molecule has 4 heteroatoms. The first-order chi connectivity index (χ1) is 9.63. The Kier molecular flexibility index (Phi) is 3.14. The lowest BCUT2D eigenvalue weighted by molar-refractivity contribution is 0.446. The maximum Gasteiger partial charge on any atom is 0.241 e. The van der Waals surface area contributed by atoms with Gasteiger partial charge >= 0.3 is 0 Å². The van der Waals surface area contributed by atoms with Crippen LogP contribution in [0.2, 0.25) is 0 Å². The minimum Gasteiger partial charge on any atom is -0.492 e. The monoisotopic (exact) mass is 267 g/mol. The van der Waals surface area contributed by atoms with Crippen molar-refractivity contribution in [2.24, 2.45) is 5.92 Å². The molecule has 0 atom stereocenters. The molecule has 0 amide bonds. The fraction of sp³-hybridized carbons (Fsp3) is 0.250. The summed E-state index contributed by atoms with van der Waals surface area (Å²) in [6, 6.07) is 11.9. The van der Waals surface area contributed by atoms with E-state index in [1.54, 1.807) is 0 Å². The second-order valence-corrected chi connectivity index (χ2v) is 5.37. The highest BCUT2D eigenvalue weighted by Crippen LogP contribution is 2.32. The summed E-state index contributed by atoms with van der Waals surface area (Å²) < 4.78 is 0. The fourth-order valence-electron chi connectivity index (χ4n) is 2.29. The molecule has 3 rings (SSSR count). The van der Waals surface area contributed by atoms with E-state index >= 15 is 0 Å². The Morgan fingerprint density at radius 1 is 1.15 bits per heavy atom. The van der Waals surface area contributed by atoms with Crippen LogP contribution in [0.4, 0.5) is 0 Å². The van der Waals surface area contributed by atoms with Gasteiger partial charge in [0.15, 0.2) is 0 Å². The first-order valence-corrected chi connectivity index (χ1v) is 6.77. The number of hydrogen-bond donors (Lipinski definition) is 2. The lowest BCUT2D eigenvalue weighted by Crippen LogP contribution is -2.02. The van der Waals surface area contributed by atoms with Crippen molar-refractivity contribution >= 4 is 0 Å². The third-order valence-electron chi connectivity index (χ3n) is 3.17. The van der Waals surface area contributed by atoms with Crippen LogP contribution >= 0.6 is 0 Å². The molecule has 2 aliphatic rings. The van der Waals surface area contributed by atoms with Crippen molar-refractivity contribution in [3.05, 3.63) is 42.2 Å². The van der Waals surface area contributed by atoms with E-state index < -0.39 is 0 Å². The molecule has 0 saturated carbocycles. The molecule has 2 aliphatic heterocycles. The van der Waals surface area contributed by atoms with Crippen molar-refractivity contribution in [3.8, 4) is 28.5 Å². The number of rotatable bonds is 3. The molecule has 2 heterocycles. The van der Waals surface area contributed by atoms with Crippen LogP contribution in [0.3, 0.4) is 0 Å². The van der Waals surface area contributed by atoms with E-state index in [0.717, 1.165) is 29.2 Å². The van der Waals surface area contributed by atoms with E-state index in [1.165, 1.54) is 0 Å². The number of fused-ring (bicyclic) bond motifs is 1. The van der Waals surface area contributed by atoms with Gasteiger partial charge in [0.05, 0.1) is 11.4 Å². The van der Waals surface area contributed by atoms with E-state index in [0.29, 0.717) is 11.6 Å². The molecule has 0 unspecified atom stereocenters. The largest absolute Gasteiger partial charge is 0.492 e. The maximum atomic E-state index is 10.0. The average Bonchev–Trinajstić information content (AvgIpc) is 2.83. The third kappa shape index (κ3) is 2.37. The van der Waals surface area contributed by atoms with Crippen LogP contribution < -0.4 is 0 Å². The summed E-state index contributed by atoms with van der Waals surface area (Å²) >= 11 is 0. The number of aromatic hydroxyl groups is 1. The van der Waals surface area contributed by atoms with E-state index in [9.17, 15) is 5.11 Å². The van der Waals surface area contributed by atoms with Crippen LogP contribution in [-0.4, -0.2) is 20.1 Å². The van der Waals surface area contributed by atoms with Gasteiger partial charge < -0.3 is 10.1 Å². The Labute approximate surface area is 117 Å². The Morgan fingerprint density at radius 2 is 1.90 bits per heavy atom. The standard InChI is InChI=1S/C16H17N3O/c1-10(2)8-14-17-13-9-12(11-6-4-3-5-7-11)18-15(13)16(20)19-14/h3-7,9-10,20H,8H2,1-2H3,(H,17,19). The van der Waals surface area contributed by atoms with Gasteiger partial charge in [0.1, 0.15) is 11.5 Å². The molecule has 0 aliphatic carbocycles. The van der Waals surface area contributed by atoms with Gasteiger partial charge in [0.2, 0.25) is 5.88 Å². The van der Waals surface area contributed by atoms with E-state index in [-0.39, 0.29) is 5.88 Å². The molecule has 20 heavy (non-hydrogen) atoms. The van der Waals surface area contributed by atoms with Gasteiger partial charge in [0.25, 0.3) is 0 Å². The minimum atomic E-state index is -0.00317. The number of H-pyrrole nitrogens is 1. The van der Waals surface area contributed by atoms with Crippen molar-refractivity contribution in [2.75, 3.05) is 0 Å². The van der Waals surface area contributed by atoms with E-state index in [4.69, 9.17) is 0 Å². The normalized spacial score (nSPS) is 11.3.